The minimum atomic E-state index is 0.638. The third kappa shape index (κ3) is 3.12. The molecule has 2 aromatic rings. The van der Waals surface area contributed by atoms with Crippen molar-refractivity contribution in [1.29, 1.82) is 0 Å². The van der Waals surface area contributed by atoms with Crippen molar-refractivity contribution in [2.45, 2.75) is 13.1 Å². The highest BCUT2D eigenvalue weighted by Crippen LogP contribution is 2.40. The van der Waals surface area contributed by atoms with Gasteiger partial charge in [-0.1, -0.05) is 18.2 Å². The lowest BCUT2D eigenvalue weighted by Gasteiger charge is -2.26. The van der Waals surface area contributed by atoms with E-state index in [1.165, 1.54) is 11.3 Å². The summed E-state index contributed by atoms with van der Waals surface area (Å²) in [5.41, 5.74) is 3.65. The predicted octanol–water partition coefficient (Wildman–Crippen LogP) is 2.82. The van der Waals surface area contributed by atoms with Gasteiger partial charge in [0.25, 0.3) is 0 Å². The average Bonchev–Trinajstić information content (AvgIpc) is 2.83. The molecule has 5 nitrogen and oxygen atoms in total. The number of hydrogen-bond donors (Lipinski definition) is 1. The number of ether oxygens (including phenoxy) is 3. The van der Waals surface area contributed by atoms with Gasteiger partial charge in [0.15, 0.2) is 11.5 Å². The second-order valence-corrected chi connectivity index (χ2v) is 5.72. The fourth-order valence-corrected chi connectivity index (χ4v) is 3.18. The van der Waals surface area contributed by atoms with Crippen LogP contribution in [0.5, 0.6) is 17.2 Å². The minimum Gasteiger partial charge on any atom is -0.493 e. The lowest BCUT2D eigenvalue weighted by atomic mass is 10.1. The zero-order valence-corrected chi connectivity index (χ0v) is 14.5. The first-order chi connectivity index (χ1) is 11.8. The van der Waals surface area contributed by atoms with Crippen LogP contribution in [0.2, 0.25) is 0 Å². The van der Waals surface area contributed by atoms with Crippen molar-refractivity contribution in [1.82, 2.24) is 5.32 Å². The lowest BCUT2D eigenvalue weighted by Crippen LogP contribution is -2.28. The molecule has 1 N–H and O–H groups in total. The quantitative estimate of drug-likeness (QED) is 0.914. The Morgan fingerprint density at radius 3 is 2.50 bits per heavy atom. The Morgan fingerprint density at radius 2 is 1.75 bits per heavy atom. The Labute approximate surface area is 143 Å². The first-order valence-corrected chi connectivity index (χ1v) is 8.10. The van der Waals surface area contributed by atoms with Crippen molar-refractivity contribution in [3.05, 3.63) is 47.5 Å². The van der Waals surface area contributed by atoms with Crippen LogP contribution in [0.25, 0.3) is 0 Å². The van der Waals surface area contributed by atoms with E-state index in [9.17, 15) is 0 Å². The van der Waals surface area contributed by atoms with Crippen LogP contribution in [-0.4, -0.2) is 34.4 Å². The molecule has 1 heterocycles. The Hall–Kier alpha value is -2.40. The summed E-state index contributed by atoms with van der Waals surface area (Å²) in [6, 6.07) is 12.5. The number of nitrogens with one attached hydrogen (secondary N) is 1. The van der Waals surface area contributed by atoms with Crippen LogP contribution in [0, 0.1) is 0 Å². The van der Waals surface area contributed by atoms with Gasteiger partial charge < -0.3 is 24.4 Å². The maximum absolute atomic E-state index is 5.62. The maximum atomic E-state index is 5.62. The summed E-state index contributed by atoms with van der Waals surface area (Å²) >= 11 is 0. The van der Waals surface area contributed by atoms with Crippen molar-refractivity contribution in [3.8, 4) is 17.2 Å². The van der Waals surface area contributed by atoms with Crippen molar-refractivity contribution in [2.24, 2.45) is 0 Å². The second-order valence-electron chi connectivity index (χ2n) is 5.72. The van der Waals surface area contributed by atoms with Gasteiger partial charge in [0, 0.05) is 37.4 Å². The first kappa shape index (κ1) is 16.5. The summed E-state index contributed by atoms with van der Waals surface area (Å²) in [7, 11) is 4.93. The molecule has 0 bridgehead atoms. The molecule has 0 unspecified atom stereocenters. The van der Waals surface area contributed by atoms with Crippen LogP contribution in [-0.2, 0) is 13.1 Å². The van der Waals surface area contributed by atoms with E-state index in [1.54, 1.807) is 21.3 Å². The molecule has 2 aromatic carbocycles. The van der Waals surface area contributed by atoms with Crippen LogP contribution < -0.4 is 24.4 Å². The topological polar surface area (TPSA) is 43.0 Å². The third-order valence-corrected chi connectivity index (χ3v) is 4.35. The minimum absolute atomic E-state index is 0.638. The molecule has 0 aliphatic carbocycles. The Bertz CT molecular complexity index is 703. The molecule has 1 aliphatic rings. The van der Waals surface area contributed by atoms with Gasteiger partial charge in [-0.2, -0.15) is 0 Å². The van der Waals surface area contributed by atoms with Crippen molar-refractivity contribution in [2.75, 3.05) is 39.3 Å². The molecule has 0 atom stereocenters. The van der Waals surface area contributed by atoms with E-state index < -0.39 is 0 Å². The highest BCUT2D eigenvalue weighted by molar-refractivity contribution is 5.59. The van der Waals surface area contributed by atoms with Gasteiger partial charge in [-0.05, 0) is 23.8 Å². The van der Waals surface area contributed by atoms with E-state index in [1.807, 2.05) is 12.1 Å². The first-order valence-electron chi connectivity index (χ1n) is 8.10. The Balaban J connectivity index is 1.96. The van der Waals surface area contributed by atoms with Gasteiger partial charge in [-0.3, -0.25) is 0 Å². The van der Waals surface area contributed by atoms with Crippen molar-refractivity contribution in [3.63, 3.8) is 0 Å². The summed E-state index contributed by atoms with van der Waals surface area (Å²) in [6.45, 7) is 3.54. The van der Waals surface area contributed by atoms with E-state index in [4.69, 9.17) is 14.2 Å². The number of rotatable bonds is 5. The number of benzene rings is 2. The third-order valence-electron chi connectivity index (χ3n) is 4.35. The lowest BCUT2D eigenvalue weighted by molar-refractivity contribution is 0.322. The van der Waals surface area contributed by atoms with Gasteiger partial charge in [0.05, 0.1) is 21.3 Å². The molecule has 1 aliphatic heterocycles. The van der Waals surface area contributed by atoms with Gasteiger partial charge in [0.1, 0.15) is 0 Å². The summed E-state index contributed by atoms with van der Waals surface area (Å²) in [5, 5.41) is 3.47. The van der Waals surface area contributed by atoms with Crippen LogP contribution in [0.1, 0.15) is 11.1 Å². The molecule has 24 heavy (non-hydrogen) atoms. The van der Waals surface area contributed by atoms with Gasteiger partial charge in [-0.25, -0.2) is 0 Å². The standard InChI is InChI=1S/C19H24N2O3/c1-22-17-9-8-15(18(23-2)19(17)24-3)13-21-11-10-20-12-14-6-4-5-7-16(14)21/h4-9,20H,10-13H2,1-3H3. The summed E-state index contributed by atoms with van der Waals surface area (Å²) in [4.78, 5) is 2.37. The highest BCUT2D eigenvalue weighted by atomic mass is 16.5. The summed E-state index contributed by atoms with van der Waals surface area (Å²) in [6.07, 6.45) is 0. The van der Waals surface area contributed by atoms with Crippen LogP contribution in [0.4, 0.5) is 5.69 Å². The zero-order chi connectivity index (χ0) is 16.9. The number of fused-ring (bicyclic) bond motifs is 1. The number of para-hydroxylation sites is 1. The van der Waals surface area contributed by atoms with E-state index in [2.05, 4.69) is 34.5 Å². The molecule has 128 valence electrons. The van der Waals surface area contributed by atoms with Gasteiger partial charge >= 0.3 is 0 Å². The van der Waals surface area contributed by atoms with E-state index >= 15 is 0 Å². The Morgan fingerprint density at radius 1 is 0.958 bits per heavy atom. The fraction of sp³-hybridized carbons (Fsp3) is 0.368. The predicted molar refractivity (Wildman–Crippen MR) is 95.3 cm³/mol. The van der Waals surface area contributed by atoms with Crippen LogP contribution in [0.15, 0.2) is 36.4 Å². The number of methoxy groups -OCH3 is 3. The molecule has 0 fully saturated rings. The largest absolute Gasteiger partial charge is 0.493 e. The van der Waals surface area contributed by atoms with Crippen molar-refractivity contribution >= 4 is 5.69 Å². The maximum Gasteiger partial charge on any atom is 0.203 e. The molecule has 0 amide bonds. The van der Waals surface area contributed by atoms with E-state index in [0.717, 1.165) is 37.5 Å². The number of hydrogen-bond acceptors (Lipinski definition) is 5. The molecule has 0 saturated carbocycles. The SMILES string of the molecule is COc1ccc(CN2CCNCc3ccccc32)c(OC)c1OC. The average molecular weight is 328 g/mol. The number of nitrogens with zero attached hydrogens (tertiary/aromatic N) is 1. The molecule has 3 rings (SSSR count). The molecular formula is C19H24N2O3. The van der Waals surface area contributed by atoms with Crippen LogP contribution in [0.3, 0.4) is 0 Å². The molecule has 5 heteroatoms. The molecule has 0 radical (unpaired) electrons. The summed E-state index contributed by atoms with van der Waals surface area (Å²) < 4.78 is 16.5. The molecule has 0 aromatic heterocycles. The molecule has 0 saturated heterocycles. The monoisotopic (exact) mass is 328 g/mol. The van der Waals surface area contributed by atoms with Crippen LogP contribution >= 0.6 is 0 Å². The van der Waals surface area contributed by atoms with E-state index in [0.29, 0.717) is 11.5 Å². The highest BCUT2D eigenvalue weighted by Gasteiger charge is 2.20. The van der Waals surface area contributed by atoms with Crippen molar-refractivity contribution < 1.29 is 14.2 Å². The normalized spacial score (nSPS) is 13.9. The van der Waals surface area contributed by atoms with E-state index in [-0.39, 0.29) is 0 Å². The number of anilines is 1. The van der Waals surface area contributed by atoms with Gasteiger partial charge in [0.2, 0.25) is 5.75 Å². The Kier molecular flexibility index (Phi) is 5.11. The fourth-order valence-electron chi connectivity index (χ4n) is 3.18. The molecular weight excluding hydrogens is 304 g/mol. The second kappa shape index (κ2) is 7.45. The zero-order valence-electron chi connectivity index (χ0n) is 14.5. The van der Waals surface area contributed by atoms with Gasteiger partial charge in [-0.15, -0.1) is 0 Å². The summed E-state index contributed by atoms with van der Waals surface area (Å²) in [5.74, 6) is 2.04. The smallest absolute Gasteiger partial charge is 0.203 e. The molecule has 0 spiro atoms.